The van der Waals surface area contributed by atoms with Crippen molar-refractivity contribution in [2.45, 2.75) is 6.92 Å². The number of nitrogens with zero attached hydrogens (tertiary/aromatic N) is 4. The lowest BCUT2D eigenvalue weighted by atomic mass is 10.0. The van der Waals surface area contributed by atoms with Crippen LogP contribution in [0, 0.1) is 6.92 Å². The zero-order valence-electron chi connectivity index (χ0n) is 13.5. The second kappa shape index (κ2) is 6.16. The molecule has 0 fully saturated rings. The Morgan fingerprint density at radius 3 is 2.64 bits per heavy atom. The minimum Gasteiger partial charge on any atom is -0.312 e. The van der Waals surface area contributed by atoms with Gasteiger partial charge in [0.1, 0.15) is 0 Å². The first kappa shape index (κ1) is 15.0. The van der Waals surface area contributed by atoms with Crippen LogP contribution in [-0.4, -0.2) is 25.9 Å². The van der Waals surface area contributed by atoms with E-state index in [0.717, 1.165) is 26.9 Å². The van der Waals surface area contributed by atoms with E-state index in [4.69, 9.17) is 4.84 Å². The number of hydrogen-bond acceptors (Lipinski definition) is 5. The van der Waals surface area contributed by atoms with Gasteiger partial charge in [0.05, 0.1) is 17.1 Å². The zero-order valence-corrected chi connectivity index (χ0v) is 13.5. The van der Waals surface area contributed by atoms with Crippen LogP contribution in [0.15, 0.2) is 67.3 Å². The van der Waals surface area contributed by atoms with E-state index in [1.807, 2.05) is 25.1 Å². The molecule has 3 aromatic heterocycles. The quantitative estimate of drug-likeness (QED) is 0.577. The fourth-order valence-electron chi connectivity index (χ4n) is 2.66. The molecule has 3 heterocycles. The molecule has 0 amide bonds. The van der Waals surface area contributed by atoms with Gasteiger partial charge in [-0.3, -0.25) is 4.98 Å². The summed E-state index contributed by atoms with van der Waals surface area (Å²) in [5.41, 5.74) is 3.95. The van der Waals surface area contributed by atoms with Gasteiger partial charge in [-0.2, -0.15) is 0 Å². The highest BCUT2D eigenvalue weighted by Crippen LogP contribution is 2.28. The molecule has 0 aliphatic rings. The van der Waals surface area contributed by atoms with Crippen LogP contribution in [0.5, 0.6) is 0 Å². The number of rotatable bonds is 3. The number of fused-ring (bicyclic) bond motifs is 1. The van der Waals surface area contributed by atoms with Gasteiger partial charge in [0, 0.05) is 24.2 Å². The van der Waals surface area contributed by atoms with Crippen LogP contribution in [0.3, 0.4) is 0 Å². The fourth-order valence-corrected chi connectivity index (χ4v) is 2.66. The number of pyridine rings is 2. The first-order valence-electron chi connectivity index (χ1n) is 7.75. The predicted octanol–water partition coefficient (Wildman–Crippen LogP) is 3.07. The summed E-state index contributed by atoms with van der Waals surface area (Å²) >= 11 is 0. The summed E-state index contributed by atoms with van der Waals surface area (Å²) in [6.07, 6.45) is 6.86. The van der Waals surface area contributed by atoms with Gasteiger partial charge >= 0.3 is 5.97 Å². The molecule has 0 N–H and O–H groups in total. The van der Waals surface area contributed by atoms with Crippen molar-refractivity contribution in [2.24, 2.45) is 0 Å². The summed E-state index contributed by atoms with van der Waals surface area (Å²) in [5, 5.41) is 4.96. The molecule has 0 bridgehead atoms. The molecule has 6 nitrogen and oxygen atoms in total. The van der Waals surface area contributed by atoms with Crippen LogP contribution in [0.4, 0.5) is 0 Å². The molecule has 4 rings (SSSR count). The molecule has 1 aromatic carbocycles. The summed E-state index contributed by atoms with van der Waals surface area (Å²) in [4.78, 5) is 27.3. The molecule has 6 heteroatoms. The van der Waals surface area contributed by atoms with Crippen molar-refractivity contribution in [2.75, 3.05) is 0 Å². The topological polar surface area (TPSA) is 69.9 Å². The van der Waals surface area contributed by atoms with Gasteiger partial charge in [-0.25, -0.2) is 9.78 Å². The van der Waals surface area contributed by atoms with Gasteiger partial charge in [0.25, 0.3) is 0 Å². The minimum atomic E-state index is -0.490. The summed E-state index contributed by atoms with van der Waals surface area (Å²) in [5.74, 6) is -0.490. The first-order chi connectivity index (χ1) is 12.2. The number of carbonyl (C=O) groups excluding carboxylic acids is 1. The highest BCUT2D eigenvalue weighted by atomic mass is 16.7. The highest BCUT2D eigenvalue weighted by molar-refractivity contribution is 5.94. The molecule has 0 radical (unpaired) electrons. The third kappa shape index (κ3) is 2.74. The molecule has 0 aliphatic carbocycles. The van der Waals surface area contributed by atoms with E-state index < -0.39 is 5.97 Å². The van der Waals surface area contributed by atoms with Crippen LogP contribution in [0.2, 0.25) is 0 Å². The molecule has 0 atom stereocenters. The number of aromatic nitrogens is 4. The molecular weight excluding hydrogens is 316 g/mol. The smallest absolute Gasteiger partial charge is 0.312 e. The Morgan fingerprint density at radius 1 is 1.00 bits per heavy atom. The normalized spacial score (nSPS) is 10.8. The van der Waals surface area contributed by atoms with E-state index >= 15 is 0 Å². The maximum atomic E-state index is 12.2. The van der Waals surface area contributed by atoms with Crippen molar-refractivity contribution in [3.05, 3.63) is 78.4 Å². The van der Waals surface area contributed by atoms with E-state index in [1.54, 1.807) is 49.1 Å². The van der Waals surface area contributed by atoms with Crippen molar-refractivity contribution in [1.29, 1.82) is 0 Å². The molecule has 122 valence electrons. The molecule has 0 unspecified atom stereocenters. The van der Waals surface area contributed by atoms with E-state index in [9.17, 15) is 4.79 Å². The van der Waals surface area contributed by atoms with Crippen molar-refractivity contribution < 1.29 is 9.63 Å². The van der Waals surface area contributed by atoms with Crippen LogP contribution >= 0.6 is 0 Å². The first-order valence-corrected chi connectivity index (χ1v) is 7.75. The molecule has 0 aliphatic heterocycles. The van der Waals surface area contributed by atoms with Crippen molar-refractivity contribution >= 4 is 17.0 Å². The van der Waals surface area contributed by atoms with Gasteiger partial charge < -0.3 is 4.84 Å². The van der Waals surface area contributed by atoms with Crippen LogP contribution in [0.25, 0.3) is 22.2 Å². The zero-order chi connectivity index (χ0) is 17.2. The third-order valence-electron chi connectivity index (χ3n) is 3.95. The SMILES string of the molecule is Cc1ccncc1-c1ccnc2c1cnn2OC(=O)c1ccccc1. The molecular formula is C19H14N4O2. The Labute approximate surface area is 143 Å². The van der Waals surface area contributed by atoms with E-state index in [1.165, 1.54) is 0 Å². The summed E-state index contributed by atoms with van der Waals surface area (Å²) in [6, 6.07) is 12.6. The monoisotopic (exact) mass is 330 g/mol. The molecule has 0 spiro atoms. The lowest BCUT2D eigenvalue weighted by Gasteiger charge is -2.07. The number of carbonyl (C=O) groups is 1. The standard InChI is InChI=1S/C19H14N4O2/c1-13-7-9-20-11-16(13)15-8-10-21-18-17(15)12-22-23(18)25-19(24)14-5-3-2-4-6-14/h2-12H,1H3. The van der Waals surface area contributed by atoms with E-state index in [2.05, 4.69) is 15.1 Å². The Morgan fingerprint density at radius 2 is 1.84 bits per heavy atom. The molecule has 25 heavy (non-hydrogen) atoms. The summed E-state index contributed by atoms with van der Waals surface area (Å²) in [6.45, 7) is 2.02. The Kier molecular flexibility index (Phi) is 3.70. The van der Waals surface area contributed by atoms with E-state index in [-0.39, 0.29) is 0 Å². The van der Waals surface area contributed by atoms with Gasteiger partial charge in [-0.05, 0) is 42.3 Å². The van der Waals surface area contributed by atoms with Gasteiger partial charge in [0.15, 0.2) is 5.65 Å². The second-order valence-electron chi connectivity index (χ2n) is 5.55. The molecule has 4 aromatic rings. The van der Waals surface area contributed by atoms with Crippen molar-refractivity contribution in [3.8, 4) is 11.1 Å². The largest absolute Gasteiger partial charge is 0.365 e. The Hall–Kier alpha value is -3.54. The lowest BCUT2D eigenvalue weighted by molar-refractivity contribution is 0.0416. The lowest BCUT2D eigenvalue weighted by Crippen LogP contribution is -2.21. The maximum Gasteiger partial charge on any atom is 0.365 e. The van der Waals surface area contributed by atoms with E-state index in [0.29, 0.717) is 11.2 Å². The van der Waals surface area contributed by atoms with Crippen LogP contribution < -0.4 is 4.84 Å². The average Bonchev–Trinajstić information content (AvgIpc) is 3.06. The maximum absolute atomic E-state index is 12.2. The van der Waals surface area contributed by atoms with Gasteiger partial charge in [-0.15, -0.1) is 5.10 Å². The second-order valence-corrected chi connectivity index (χ2v) is 5.55. The van der Waals surface area contributed by atoms with Crippen LogP contribution in [0.1, 0.15) is 15.9 Å². The summed E-state index contributed by atoms with van der Waals surface area (Å²) in [7, 11) is 0. The summed E-state index contributed by atoms with van der Waals surface area (Å²) < 4.78 is 0. The number of hydrogen-bond donors (Lipinski definition) is 0. The predicted molar refractivity (Wildman–Crippen MR) is 92.8 cm³/mol. The molecule has 0 saturated carbocycles. The van der Waals surface area contributed by atoms with Gasteiger partial charge in [0.2, 0.25) is 0 Å². The van der Waals surface area contributed by atoms with Crippen molar-refractivity contribution in [3.63, 3.8) is 0 Å². The third-order valence-corrected chi connectivity index (χ3v) is 3.95. The average molecular weight is 330 g/mol. The Balaban J connectivity index is 1.75. The van der Waals surface area contributed by atoms with Crippen molar-refractivity contribution in [1.82, 2.24) is 19.9 Å². The minimum absolute atomic E-state index is 0.449. The fraction of sp³-hybridized carbons (Fsp3) is 0.0526. The number of benzene rings is 1. The van der Waals surface area contributed by atoms with Gasteiger partial charge in [-0.1, -0.05) is 23.0 Å². The number of aryl methyl sites for hydroxylation is 1. The Bertz CT molecular complexity index is 1060. The van der Waals surface area contributed by atoms with Crippen LogP contribution in [-0.2, 0) is 0 Å². The highest BCUT2D eigenvalue weighted by Gasteiger charge is 2.15. The molecule has 0 saturated heterocycles.